The molecule has 0 heterocycles. The van der Waals surface area contributed by atoms with Crippen molar-refractivity contribution < 1.29 is 44.7 Å². The van der Waals surface area contributed by atoms with Crippen LogP contribution in [0.1, 0.15) is 71.6 Å². The Bertz CT molecular complexity index is 662. The Hall–Kier alpha value is -2.28. The number of unbranched alkanes of at least 4 members (excludes halogenated alkanes) is 7. The van der Waals surface area contributed by atoms with Crippen LogP contribution >= 0.6 is 0 Å². The molecular weight excluding hydrogens is 462 g/mol. The zero-order chi connectivity index (χ0) is 26.9. The highest BCUT2D eigenvalue weighted by Gasteiger charge is 2.43. The second-order valence-electron chi connectivity index (χ2n) is 8.88. The third kappa shape index (κ3) is 13.4. The first kappa shape index (κ1) is 32.7. The van der Waals surface area contributed by atoms with Crippen molar-refractivity contribution in [3.05, 3.63) is 0 Å². The quantitative estimate of drug-likeness (QED) is 0.0613. The van der Waals surface area contributed by atoms with Crippen LogP contribution in [0, 0.1) is 5.92 Å². The number of aliphatic hydroxyl groups excluding tert-OH is 2. The van der Waals surface area contributed by atoms with Gasteiger partial charge in [-0.25, -0.2) is 0 Å². The van der Waals surface area contributed by atoms with E-state index in [1.807, 2.05) is 0 Å². The molecule has 0 aliphatic heterocycles. The van der Waals surface area contributed by atoms with Gasteiger partial charge in [0, 0.05) is 13.1 Å². The zero-order valence-electron chi connectivity index (χ0n) is 20.9. The lowest BCUT2D eigenvalue weighted by Gasteiger charge is -2.44. The summed E-state index contributed by atoms with van der Waals surface area (Å²) in [7, 11) is 0. The number of carbonyl (C=O) groups excluding carboxylic acids is 1. The highest BCUT2D eigenvalue weighted by molar-refractivity contribution is 5.97. The molecule has 7 N–H and O–H groups in total. The topological polar surface area (TPSA) is 197 Å². The van der Waals surface area contributed by atoms with E-state index >= 15 is 0 Å². The van der Waals surface area contributed by atoms with Crippen molar-refractivity contribution in [3.8, 4) is 0 Å². The summed E-state index contributed by atoms with van der Waals surface area (Å²) in [4.78, 5) is 48.0. The second-order valence-corrected chi connectivity index (χ2v) is 8.88. The molecule has 12 nitrogen and oxygen atoms in total. The number of hydrogen-bond acceptors (Lipinski definition) is 8. The van der Waals surface area contributed by atoms with Crippen LogP contribution in [-0.4, -0.2) is 98.8 Å². The summed E-state index contributed by atoms with van der Waals surface area (Å²) >= 11 is 0. The minimum atomic E-state index is -1.82. The number of carbonyl (C=O) groups is 4. The van der Waals surface area contributed by atoms with Crippen molar-refractivity contribution in [1.29, 1.82) is 0 Å². The molecule has 0 saturated heterocycles. The van der Waals surface area contributed by atoms with Crippen molar-refractivity contribution in [2.45, 2.75) is 83.4 Å². The Morgan fingerprint density at radius 3 is 1.97 bits per heavy atom. The molecule has 0 fully saturated rings. The first-order valence-corrected chi connectivity index (χ1v) is 12.2. The Balaban J connectivity index is 5.26. The van der Waals surface area contributed by atoms with Crippen molar-refractivity contribution in [1.82, 2.24) is 15.5 Å². The zero-order valence-corrected chi connectivity index (χ0v) is 20.9. The SMILES string of the molecule is CCCCCCCCCCC(C(=O)O)C(=O)NC(C)(C(O)CO)N(CCNCC(=O)O)CC(=O)O. The van der Waals surface area contributed by atoms with Crippen LogP contribution in [0.25, 0.3) is 0 Å². The second kappa shape index (κ2) is 18.1. The molecule has 3 atom stereocenters. The minimum absolute atomic E-state index is 0.00377. The van der Waals surface area contributed by atoms with Gasteiger partial charge in [-0.1, -0.05) is 58.3 Å². The number of nitrogens with one attached hydrogen (secondary N) is 2. The molecule has 0 aliphatic rings. The van der Waals surface area contributed by atoms with Crippen molar-refractivity contribution >= 4 is 23.8 Å². The fourth-order valence-corrected chi connectivity index (χ4v) is 3.78. The van der Waals surface area contributed by atoms with Gasteiger partial charge in [0.15, 0.2) is 0 Å². The first-order chi connectivity index (χ1) is 16.5. The molecule has 0 aromatic rings. The smallest absolute Gasteiger partial charge is 0.317 e. The van der Waals surface area contributed by atoms with Gasteiger partial charge in [0.25, 0.3) is 0 Å². The number of amides is 1. The van der Waals surface area contributed by atoms with E-state index < -0.39 is 54.7 Å². The fraction of sp³-hybridized carbons (Fsp3) is 0.826. The van der Waals surface area contributed by atoms with Gasteiger partial charge in [0.1, 0.15) is 17.7 Å². The molecule has 1 amide bonds. The number of rotatable bonds is 22. The third-order valence-electron chi connectivity index (χ3n) is 5.98. The number of hydrogen-bond donors (Lipinski definition) is 7. The van der Waals surface area contributed by atoms with Gasteiger partial charge in [0.2, 0.25) is 5.91 Å². The Morgan fingerprint density at radius 2 is 1.49 bits per heavy atom. The van der Waals surface area contributed by atoms with E-state index in [0.29, 0.717) is 6.42 Å². The molecule has 35 heavy (non-hydrogen) atoms. The predicted octanol–water partition coefficient (Wildman–Crippen LogP) is 0.464. The van der Waals surface area contributed by atoms with E-state index in [1.165, 1.54) is 19.8 Å². The molecule has 0 aromatic carbocycles. The monoisotopic (exact) mass is 505 g/mol. The molecule has 3 unspecified atom stereocenters. The van der Waals surface area contributed by atoms with Crippen LogP contribution in [0.2, 0.25) is 0 Å². The van der Waals surface area contributed by atoms with Crippen LogP contribution < -0.4 is 10.6 Å². The maximum absolute atomic E-state index is 12.9. The number of carboxylic acids is 3. The van der Waals surface area contributed by atoms with E-state index in [4.69, 9.17) is 5.11 Å². The largest absolute Gasteiger partial charge is 0.481 e. The number of aliphatic hydroxyl groups is 2. The minimum Gasteiger partial charge on any atom is -0.481 e. The van der Waals surface area contributed by atoms with Gasteiger partial charge >= 0.3 is 17.9 Å². The fourth-order valence-electron chi connectivity index (χ4n) is 3.78. The lowest BCUT2D eigenvalue weighted by Crippen LogP contribution is -2.68. The molecule has 0 bridgehead atoms. The Kier molecular flexibility index (Phi) is 16.9. The summed E-state index contributed by atoms with van der Waals surface area (Å²) < 4.78 is 0. The van der Waals surface area contributed by atoms with Gasteiger partial charge in [-0.05, 0) is 13.3 Å². The molecule has 0 rings (SSSR count). The summed E-state index contributed by atoms with van der Waals surface area (Å²) in [5, 5.41) is 52.7. The summed E-state index contributed by atoms with van der Waals surface area (Å²) in [5.41, 5.74) is -1.82. The van der Waals surface area contributed by atoms with E-state index in [2.05, 4.69) is 17.6 Å². The lowest BCUT2D eigenvalue weighted by atomic mass is 9.96. The predicted molar refractivity (Wildman–Crippen MR) is 128 cm³/mol. The molecule has 0 aliphatic carbocycles. The van der Waals surface area contributed by atoms with E-state index in [1.54, 1.807) is 0 Å². The lowest BCUT2D eigenvalue weighted by molar-refractivity contribution is -0.154. The van der Waals surface area contributed by atoms with Crippen LogP contribution in [-0.2, 0) is 19.2 Å². The summed E-state index contributed by atoms with van der Waals surface area (Å²) in [5.74, 6) is -6.05. The van der Waals surface area contributed by atoms with Crippen LogP contribution in [0.5, 0.6) is 0 Å². The highest BCUT2D eigenvalue weighted by Crippen LogP contribution is 2.20. The standard InChI is InChI=1S/C23H43N3O9/c1-3-4-5-6-7-8-9-10-11-17(22(34)35)21(33)25-23(2,18(28)16-27)26(15-20(31)32)13-12-24-14-19(29)30/h17-18,24,27-28H,3-16H2,1-2H3,(H,25,33)(H,29,30)(H,31,32)(H,34,35). The van der Waals surface area contributed by atoms with Gasteiger partial charge in [0.05, 0.1) is 19.7 Å². The average Bonchev–Trinajstić information content (AvgIpc) is 2.78. The first-order valence-electron chi connectivity index (χ1n) is 12.2. The van der Waals surface area contributed by atoms with E-state index in [9.17, 15) is 39.6 Å². The normalized spacial score (nSPS) is 14.8. The highest BCUT2D eigenvalue weighted by atomic mass is 16.4. The van der Waals surface area contributed by atoms with Crippen LogP contribution in [0.15, 0.2) is 0 Å². The van der Waals surface area contributed by atoms with E-state index in [-0.39, 0.29) is 26.1 Å². The van der Waals surface area contributed by atoms with Crippen molar-refractivity contribution in [2.75, 3.05) is 32.8 Å². The van der Waals surface area contributed by atoms with Gasteiger partial charge in [-0.3, -0.25) is 24.1 Å². The number of carboxylic acid groups (broad SMARTS) is 3. The molecule has 12 heteroatoms. The van der Waals surface area contributed by atoms with Crippen molar-refractivity contribution in [3.63, 3.8) is 0 Å². The summed E-state index contributed by atoms with van der Waals surface area (Å²) in [6.45, 7) is 1.46. The maximum atomic E-state index is 12.9. The molecule has 0 aromatic heterocycles. The summed E-state index contributed by atoms with van der Waals surface area (Å²) in [6, 6.07) is 0. The van der Waals surface area contributed by atoms with Crippen LogP contribution in [0.4, 0.5) is 0 Å². The molecule has 0 spiro atoms. The molecule has 0 radical (unpaired) electrons. The van der Waals surface area contributed by atoms with Crippen LogP contribution in [0.3, 0.4) is 0 Å². The molecule has 0 saturated carbocycles. The summed E-state index contributed by atoms with van der Waals surface area (Å²) in [6.07, 6.45) is 6.37. The van der Waals surface area contributed by atoms with Gasteiger partial charge < -0.3 is 36.2 Å². The third-order valence-corrected chi connectivity index (χ3v) is 5.98. The molecule has 204 valence electrons. The van der Waals surface area contributed by atoms with Crippen molar-refractivity contribution in [2.24, 2.45) is 5.92 Å². The number of nitrogens with zero attached hydrogens (tertiary/aromatic N) is 1. The average molecular weight is 506 g/mol. The van der Waals surface area contributed by atoms with E-state index in [0.717, 1.165) is 37.0 Å². The van der Waals surface area contributed by atoms with Gasteiger partial charge in [-0.2, -0.15) is 0 Å². The Labute approximate surface area is 206 Å². The molecular formula is C23H43N3O9. The Morgan fingerprint density at radius 1 is 0.914 bits per heavy atom. The maximum Gasteiger partial charge on any atom is 0.317 e. The van der Waals surface area contributed by atoms with Gasteiger partial charge in [-0.15, -0.1) is 0 Å². The number of aliphatic carboxylic acids is 3.